The van der Waals surface area contributed by atoms with Crippen molar-refractivity contribution in [3.63, 3.8) is 0 Å². The van der Waals surface area contributed by atoms with E-state index in [1.807, 2.05) is 0 Å². The van der Waals surface area contributed by atoms with Crippen molar-refractivity contribution in [1.29, 1.82) is 0 Å². The van der Waals surface area contributed by atoms with Gasteiger partial charge in [0.2, 0.25) is 0 Å². The molecule has 0 aliphatic heterocycles. The van der Waals surface area contributed by atoms with E-state index in [1.54, 1.807) is 0 Å². The van der Waals surface area contributed by atoms with Gasteiger partial charge in [-0.05, 0) is 23.7 Å². The standard InChI is InChI=1S/C16H18O9/c17-9-3-1-8(5-10(9)18)2-4-13(20)25-12-7-16(24,15(22)23)6-11(19)14(12)21/h1-5,11-12,14,17-19,21,24H,6-7H2,(H,22,23)/b4-2+/i3D,5D,11D,14D. The molecule has 0 amide bonds. The number of carboxylic acid groups (broad SMARTS) is 1. The fourth-order valence-corrected chi connectivity index (χ4v) is 2.16. The number of hydrogen-bond acceptors (Lipinski definition) is 8. The summed E-state index contributed by atoms with van der Waals surface area (Å²) in [6.07, 6.45) is -9.08. The van der Waals surface area contributed by atoms with Crippen molar-refractivity contribution in [2.45, 2.75) is 36.7 Å². The van der Waals surface area contributed by atoms with Crippen LogP contribution in [0, 0.1) is 0 Å². The third-order valence-electron chi connectivity index (χ3n) is 3.49. The van der Waals surface area contributed by atoms with E-state index in [1.165, 1.54) is 0 Å². The first-order chi connectivity index (χ1) is 13.1. The van der Waals surface area contributed by atoms with Gasteiger partial charge >= 0.3 is 11.9 Å². The summed E-state index contributed by atoms with van der Waals surface area (Å²) in [6.45, 7) is 0. The highest BCUT2D eigenvalue weighted by molar-refractivity contribution is 5.87. The van der Waals surface area contributed by atoms with Gasteiger partial charge in [-0.1, -0.05) is 6.07 Å². The van der Waals surface area contributed by atoms with Gasteiger partial charge in [-0.25, -0.2) is 9.59 Å². The Kier molecular flexibility index (Phi) is 3.87. The average Bonchev–Trinajstić information content (AvgIpc) is 2.59. The van der Waals surface area contributed by atoms with Gasteiger partial charge in [0, 0.05) is 18.9 Å². The number of phenols is 2. The van der Waals surface area contributed by atoms with E-state index in [0.717, 1.165) is 12.1 Å². The lowest BCUT2D eigenvalue weighted by Crippen LogP contribution is -2.57. The monoisotopic (exact) mass is 358 g/mol. The second-order valence-corrected chi connectivity index (χ2v) is 5.37. The summed E-state index contributed by atoms with van der Waals surface area (Å²) >= 11 is 0. The fraction of sp³-hybridized carbons (Fsp3) is 0.375. The van der Waals surface area contributed by atoms with Gasteiger partial charge in [-0.15, -0.1) is 0 Å². The van der Waals surface area contributed by atoms with Crippen molar-refractivity contribution < 1.29 is 50.4 Å². The topological polar surface area (TPSA) is 165 Å². The summed E-state index contributed by atoms with van der Waals surface area (Å²) in [4.78, 5) is 23.2. The third kappa shape index (κ3) is 4.27. The lowest BCUT2D eigenvalue weighted by molar-refractivity contribution is -0.196. The molecule has 0 spiro atoms. The molecule has 9 nitrogen and oxygen atoms in total. The van der Waals surface area contributed by atoms with Crippen molar-refractivity contribution in [2.24, 2.45) is 0 Å². The molecule has 1 aliphatic carbocycles. The number of carbonyl (C=O) groups excluding carboxylic acids is 1. The first-order valence-electron chi connectivity index (χ1n) is 8.94. The van der Waals surface area contributed by atoms with E-state index < -0.39 is 72.2 Å². The molecule has 1 aromatic carbocycles. The Labute approximate surface area is 147 Å². The second kappa shape index (κ2) is 7.09. The number of benzene rings is 1. The summed E-state index contributed by atoms with van der Waals surface area (Å²) in [6, 6.07) is -0.197. The van der Waals surface area contributed by atoms with Gasteiger partial charge in [-0.3, -0.25) is 0 Å². The Bertz CT molecular complexity index is 884. The molecule has 0 radical (unpaired) electrons. The SMILES string of the molecule is [2H]c1cc(/C=C/C(=O)OC2CC(O)(C(=O)O)CC([2H])(O)C2([2H])O)c([2H])c(O)c1O. The molecule has 2 rings (SSSR count). The number of aliphatic hydroxyl groups is 3. The van der Waals surface area contributed by atoms with Crippen LogP contribution in [0.15, 0.2) is 24.2 Å². The van der Waals surface area contributed by atoms with Crippen molar-refractivity contribution in [1.82, 2.24) is 0 Å². The maximum atomic E-state index is 12.0. The number of aliphatic carboxylic acids is 1. The van der Waals surface area contributed by atoms with Crippen molar-refractivity contribution >= 4 is 18.0 Å². The number of carbonyl (C=O) groups is 2. The van der Waals surface area contributed by atoms with Crippen molar-refractivity contribution in [3.8, 4) is 11.5 Å². The second-order valence-electron chi connectivity index (χ2n) is 5.37. The van der Waals surface area contributed by atoms with E-state index in [0.29, 0.717) is 6.08 Å². The lowest BCUT2D eigenvalue weighted by Gasteiger charge is -2.39. The van der Waals surface area contributed by atoms with Crippen LogP contribution >= 0.6 is 0 Å². The molecule has 1 fully saturated rings. The number of phenolic OH excluding ortho intramolecular Hbond substituents is 2. The Hall–Kier alpha value is -2.62. The minimum Gasteiger partial charge on any atom is -0.504 e. The van der Waals surface area contributed by atoms with Crippen molar-refractivity contribution in [2.75, 3.05) is 0 Å². The maximum Gasteiger partial charge on any atom is 0.335 e. The molecule has 1 aliphatic rings. The Morgan fingerprint density at radius 2 is 2.00 bits per heavy atom. The molecule has 9 heteroatoms. The molecule has 4 unspecified atom stereocenters. The van der Waals surface area contributed by atoms with Gasteiger partial charge in [0.1, 0.15) is 12.2 Å². The zero-order valence-electron chi connectivity index (χ0n) is 16.6. The predicted octanol–water partition coefficient (Wildman–Crippen LogP) is -0.646. The van der Waals surface area contributed by atoms with Crippen molar-refractivity contribution in [3.05, 3.63) is 29.8 Å². The van der Waals surface area contributed by atoms with Crippen LogP contribution in [0.4, 0.5) is 0 Å². The van der Waals surface area contributed by atoms with Gasteiger partial charge in [-0.2, -0.15) is 0 Å². The number of aromatic hydroxyl groups is 2. The molecule has 0 saturated heterocycles. The number of carboxylic acids is 1. The highest BCUT2D eigenvalue weighted by Crippen LogP contribution is 2.31. The molecule has 0 heterocycles. The predicted molar refractivity (Wildman–Crippen MR) is 82.5 cm³/mol. The van der Waals surface area contributed by atoms with Gasteiger partial charge in [0.15, 0.2) is 17.1 Å². The first-order valence-corrected chi connectivity index (χ1v) is 6.94. The highest BCUT2D eigenvalue weighted by Gasteiger charge is 2.50. The fourth-order valence-electron chi connectivity index (χ4n) is 2.16. The van der Waals surface area contributed by atoms with Crippen LogP contribution < -0.4 is 0 Å². The molecule has 6 N–H and O–H groups in total. The summed E-state index contributed by atoms with van der Waals surface area (Å²) in [7, 11) is 0. The van der Waals surface area contributed by atoms with E-state index in [2.05, 4.69) is 0 Å². The van der Waals surface area contributed by atoms with Gasteiger partial charge in [0.05, 0.1) is 11.6 Å². The zero-order valence-corrected chi connectivity index (χ0v) is 12.6. The zero-order chi connectivity index (χ0) is 22.4. The van der Waals surface area contributed by atoms with E-state index >= 15 is 0 Å². The Morgan fingerprint density at radius 3 is 2.64 bits per heavy atom. The molecule has 1 saturated carbocycles. The van der Waals surface area contributed by atoms with Gasteiger partial charge < -0.3 is 35.4 Å². The summed E-state index contributed by atoms with van der Waals surface area (Å²) in [5.74, 6) is -4.88. The quantitative estimate of drug-likeness (QED) is 0.233. The Balaban J connectivity index is 2.27. The molecule has 4 atom stereocenters. The minimum atomic E-state index is -3.18. The molecule has 1 aromatic rings. The number of ether oxygens (including phenoxy) is 1. The average molecular weight is 358 g/mol. The molecule has 136 valence electrons. The third-order valence-corrected chi connectivity index (χ3v) is 3.49. The van der Waals surface area contributed by atoms with Gasteiger partial charge in [0.25, 0.3) is 0 Å². The van der Waals surface area contributed by atoms with Crippen LogP contribution in [0.3, 0.4) is 0 Å². The van der Waals surface area contributed by atoms with Crippen LogP contribution in [-0.4, -0.2) is 66.4 Å². The van der Waals surface area contributed by atoms with E-state index in [4.69, 9.17) is 15.3 Å². The molecular formula is C16H18O9. The maximum absolute atomic E-state index is 12.0. The van der Waals surface area contributed by atoms with Crippen LogP contribution in [-0.2, 0) is 14.3 Å². The van der Waals surface area contributed by atoms with Crippen LogP contribution in [0.25, 0.3) is 6.08 Å². The normalized spacial score (nSPS) is 37.6. The number of esters is 1. The summed E-state index contributed by atoms with van der Waals surface area (Å²) in [5, 5.41) is 58.0. The Morgan fingerprint density at radius 1 is 1.32 bits per heavy atom. The molecule has 0 aromatic heterocycles. The summed E-state index contributed by atoms with van der Waals surface area (Å²) < 4.78 is 35.1. The smallest absolute Gasteiger partial charge is 0.335 e. The molecule has 0 bridgehead atoms. The van der Waals surface area contributed by atoms with Crippen LogP contribution in [0.5, 0.6) is 11.5 Å². The highest BCUT2D eigenvalue weighted by atomic mass is 16.6. The van der Waals surface area contributed by atoms with Crippen LogP contribution in [0.1, 0.15) is 23.9 Å². The summed E-state index contributed by atoms with van der Waals surface area (Å²) in [5.41, 5.74) is -2.92. The minimum absolute atomic E-state index is 0.175. The van der Waals surface area contributed by atoms with E-state index in [-0.39, 0.29) is 5.56 Å². The number of rotatable bonds is 4. The number of hydrogen-bond donors (Lipinski definition) is 6. The van der Waals surface area contributed by atoms with Crippen LogP contribution in [0.2, 0.25) is 0 Å². The lowest BCUT2D eigenvalue weighted by atomic mass is 9.79. The molecular weight excluding hydrogens is 336 g/mol. The first kappa shape index (κ1) is 13.6. The largest absolute Gasteiger partial charge is 0.504 e. The van der Waals surface area contributed by atoms with E-state index in [9.17, 15) is 35.1 Å². The molecule has 25 heavy (non-hydrogen) atoms.